The molecule has 0 radical (unpaired) electrons. The lowest BCUT2D eigenvalue weighted by Gasteiger charge is -2.08. The summed E-state index contributed by atoms with van der Waals surface area (Å²) in [7, 11) is 0. The monoisotopic (exact) mass is 402 g/mol. The molecule has 5 heteroatoms. The van der Waals surface area contributed by atoms with Crippen molar-refractivity contribution in [2.24, 2.45) is 0 Å². The van der Waals surface area contributed by atoms with Gasteiger partial charge in [0, 0.05) is 11.4 Å². The third-order valence-electron chi connectivity index (χ3n) is 4.85. The highest BCUT2D eigenvalue weighted by atomic mass is 32.2. The standard InChI is InChI=1S/C24H22N2O2S/c1-16-5-4-7-19(11-16)25-23(27)14-29-15-24(28)26-20-10-9-18-12-17-6-2-3-8-21(17)22(18)13-20/h2-11,13H,12,14-15H2,1H3,(H,25,27)(H,26,28). The minimum Gasteiger partial charge on any atom is -0.325 e. The van der Waals surface area contributed by atoms with E-state index in [1.807, 2.05) is 49.4 Å². The number of thioether (sulfide) groups is 1. The van der Waals surface area contributed by atoms with Gasteiger partial charge in [-0.2, -0.15) is 0 Å². The maximum absolute atomic E-state index is 12.3. The highest BCUT2D eigenvalue weighted by molar-refractivity contribution is 8.00. The minimum atomic E-state index is -0.109. The fraction of sp³-hybridized carbons (Fsp3) is 0.167. The molecule has 2 amide bonds. The summed E-state index contributed by atoms with van der Waals surface area (Å²) in [5.74, 6) is 0.250. The lowest BCUT2D eigenvalue weighted by atomic mass is 10.1. The van der Waals surface area contributed by atoms with Crippen molar-refractivity contribution in [1.82, 2.24) is 0 Å². The molecule has 0 aromatic heterocycles. The lowest BCUT2D eigenvalue weighted by molar-refractivity contribution is -0.114. The summed E-state index contributed by atoms with van der Waals surface area (Å²) in [4.78, 5) is 24.3. The molecule has 0 bridgehead atoms. The Labute approximate surface area is 174 Å². The van der Waals surface area contributed by atoms with Gasteiger partial charge in [-0.15, -0.1) is 11.8 Å². The number of nitrogens with one attached hydrogen (secondary N) is 2. The molecule has 0 spiro atoms. The topological polar surface area (TPSA) is 58.2 Å². The first-order chi connectivity index (χ1) is 14.1. The highest BCUT2D eigenvalue weighted by Crippen LogP contribution is 2.37. The summed E-state index contributed by atoms with van der Waals surface area (Å²) in [5.41, 5.74) is 7.68. The zero-order chi connectivity index (χ0) is 20.2. The lowest BCUT2D eigenvalue weighted by Crippen LogP contribution is -2.18. The van der Waals surface area contributed by atoms with Crippen LogP contribution < -0.4 is 10.6 Å². The maximum atomic E-state index is 12.3. The molecular weight excluding hydrogens is 380 g/mol. The van der Waals surface area contributed by atoms with E-state index >= 15 is 0 Å². The SMILES string of the molecule is Cc1cccc(NC(=O)CSCC(=O)Nc2ccc3c(c2)-c2ccccc2C3)c1. The molecule has 4 nitrogen and oxygen atoms in total. The average Bonchev–Trinajstić information content (AvgIpc) is 3.06. The van der Waals surface area contributed by atoms with Crippen LogP contribution in [0.4, 0.5) is 11.4 Å². The van der Waals surface area contributed by atoms with E-state index in [4.69, 9.17) is 0 Å². The smallest absolute Gasteiger partial charge is 0.234 e. The van der Waals surface area contributed by atoms with Crippen LogP contribution in [0.1, 0.15) is 16.7 Å². The van der Waals surface area contributed by atoms with Crippen molar-refractivity contribution in [3.05, 3.63) is 83.4 Å². The Hall–Kier alpha value is -3.05. The fourth-order valence-corrected chi connectivity index (χ4v) is 4.17. The fourth-order valence-electron chi connectivity index (χ4n) is 3.55. The molecule has 4 rings (SSSR count). The number of rotatable bonds is 6. The molecule has 29 heavy (non-hydrogen) atoms. The van der Waals surface area contributed by atoms with Gasteiger partial charge in [-0.1, -0.05) is 42.5 Å². The number of fused-ring (bicyclic) bond motifs is 3. The highest BCUT2D eigenvalue weighted by Gasteiger charge is 2.18. The molecule has 3 aromatic rings. The Morgan fingerprint density at radius 3 is 2.24 bits per heavy atom. The van der Waals surface area contributed by atoms with E-state index in [0.717, 1.165) is 23.4 Å². The normalized spacial score (nSPS) is 11.5. The molecule has 3 aromatic carbocycles. The first-order valence-electron chi connectivity index (χ1n) is 9.54. The van der Waals surface area contributed by atoms with E-state index in [1.165, 1.54) is 34.0 Å². The van der Waals surface area contributed by atoms with Crippen LogP contribution in [-0.2, 0) is 16.0 Å². The van der Waals surface area contributed by atoms with E-state index in [0.29, 0.717) is 0 Å². The van der Waals surface area contributed by atoms with E-state index in [9.17, 15) is 9.59 Å². The predicted molar refractivity (Wildman–Crippen MR) is 120 cm³/mol. The van der Waals surface area contributed by atoms with E-state index in [2.05, 4.69) is 34.9 Å². The second-order valence-electron chi connectivity index (χ2n) is 7.16. The second kappa shape index (κ2) is 8.53. The summed E-state index contributed by atoms with van der Waals surface area (Å²) in [6.45, 7) is 1.98. The Bertz CT molecular complexity index is 1080. The Morgan fingerprint density at radius 2 is 1.48 bits per heavy atom. The quantitative estimate of drug-likeness (QED) is 0.483. The number of amides is 2. The molecule has 0 fully saturated rings. The van der Waals surface area contributed by atoms with Gasteiger partial charge < -0.3 is 10.6 Å². The van der Waals surface area contributed by atoms with Gasteiger partial charge in [0.1, 0.15) is 0 Å². The van der Waals surface area contributed by atoms with E-state index in [-0.39, 0.29) is 23.3 Å². The predicted octanol–water partition coefficient (Wildman–Crippen LogP) is 4.88. The van der Waals surface area contributed by atoms with Crippen LogP contribution in [0, 0.1) is 6.92 Å². The zero-order valence-corrected chi connectivity index (χ0v) is 17.0. The third-order valence-corrected chi connectivity index (χ3v) is 5.78. The number of benzene rings is 3. The van der Waals surface area contributed by atoms with Crippen LogP contribution >= 0.6 is 11.8 Å². The molecule has 1 aliphatic rings. The summed E-state index contributed by atoms with van der Waals surface area (Å²) in [6.07, 6.45) is 0.936. The van der Waals surface area contributed by atoms with E-state index in [1.54, 1.807) is 0 Å². The van der Waals surface area contributed by atoms with Crippen molar-refractivity contribution in [3.8, 4) is 11.1 Å². The van der Waals surface area contributed by atoms with Crippen LogP contribution in [0.15, 0.2) is 66.7 Å². The van der Waals surface area contributed by atoms with Crippen molar-refractivity contribution in [2.75, 3.05) is 22.1 Å². The molecule has 1 aliphatic carbocycles. The van der Waals surface area contributed by atoms with Crippen molar-refractivity contribution < 1.29 is 9.59 Å². The summed E-state index contributed by atoms with van der Waals surface area (Å²) >= 11 is 1.30. The summed E-state index contributed by atoms with van der Waals surface area (Å²) in [5, 5.41) is 5.79. The van der Waals surface area contributed by atoms with Gasteiger partial charge in [0.15, 0.2) is 0 Å². The van der Waals surface area contributed by atoms with E-state index < -0.39 is 0 Å². The molecule has 0 heterocycles. The molecule has 146 valence electrons. The maximum Gasteiger partial charge on any atom is 0.234 e. The van der Waals surface area contributed by atoms with Gasteiger partial charge in [-0.25, -0.2) is 0 Å². The Kier molecular flexibility index (Phi) is 5.67. The van der Waals surface area contributed by atoms with Crippen molar-refractivity contribution in [3.63, 3.8) is 0 Å². The summed E-state index contributed by atoms with van der Waals surface area (Å²) in [6, 6.07) is 22.1. The van der Waals surface area contributed by atoms with Crippen molar-refractivity contribution in [2.45, 2.75) is 13.3 Å². The molecule has 2 N–H and O–H groups in total. The first-order valence-corrected chi connectivity index (χ1v) is 10.7. The van der Waals surface area contributed by atoms with Gasteiger partial charge in [-0.3, -0.25) is 9.59 Å². The van der Waals surface area contributed by atoms with Crippen LogP contribution in [0.3, 0.4) is 0 Å². The average molecular weight is 403 g/mol. The van der Waals surface area contributed by atoms with Crippen molar-refractivity contribution in [1.29, 1.82) is 0 Å². The van der Waals surface area contributed by atoms with Gasteiger partial charge in [0.05, 0.1) is 11.5 Å². The second-order valence-corrected chi connectivity index (χ2v) is 8.15. The Morgan fingerprint density at radius 1 is 0.793 bits per heavy atom. The van der Waals surface area contributed by atoms with Crippen LogP contribution in [0.25, 0.3) is 11.1 Å². The molecule has 0 unspecified atom stereocenters. The Balaban J connectivity index is 1.28. The largest absolute Gasteiger partial charge is 0.325 e. The number of aryl methyl sites for hydroxylation is 1. The van der Waals surface area contributed by atoms with Gasteiger partial charge in [-0.05, 0) is 65.4 Å². The van der Waals surface area contributed by atoms with Crippen LogP contribution in [0.2, 0.25) is 0 Å². The first kappa shape index (κ1) is 19.3. The minimum absolute atomic E-state index is 0.107. The zero-order valence-electron chi connectivity index (χ0n) is 16.2. The summed E-state index contributed by atoms with van der Waals surface area (Å²) < 4.78 is 0. The molecule has 0 saturated heterocycles. The van der Waals surface area contributed by atoms with Crippen LogP contribution in [-0.4, -0.2) is 23.3 Å². The number of anilines is 2. The van der Waals surface area contributed by atoms with Gasteiger partial charge in [0.2, 0.25) is 11.8 Å². The van der Waals surface area contributed by atoms with Gasteiger partial charge in [0.25, 0.3) is 0 Å². The molecular formula is C24H22N2O2S. The molecule has 0 aliphatic heterocycles. The molecule has 0 saturated carbocycles. The number of carbonyl (C=O) groups is 2. The molecule has 0 atom stereocenters. The number of carbonyl (C=O) groups excluding carboxylic acids is 2. The van der Waals surface area contributed by atoms with Gasteiger partial charge >= 0.3 is 0 Å². The number of hydrogen-bond donors (Lipinski definition) is 2. The third kappa shape index (κ3) is 4.69. The van der Waals surface area contributed by atoms with Crippen molar-refractivity contribution >= 4 is 35.0 Å². The van der Waals surface area contributed by atoms with Crippen LogP contribution in [0.5, 0.6) is 0 Å². The number of hydrogen-bond acceptors (Lipinski definition) is 3.